The minimum atomic E-state index is -0.337. The van der Waals surface area contributed by atoms with E-state index in [9.17, 15) is 0 Å². The van der Waals surface area contributed by atoms with Crippen molar-refractivity contribution in [1.82, 2.24) is 0 Å². The van der Waals surface area contributed by atoms with Crippen molar-refractivity contribution in [2.24, 2.45) is 5.73 Å². The topological polar surface area (TPSA) is 52.0 Å². The first-order valence-electron chi connectivity index (χ1n) is 3.68. The molecule has 0 aliphatic heterocycles. The van der Waals surface area contributed by atoms with E-state index in [-0.39, 0.29) is 6.04 Å². The van der Waals surface area contributed by atoms with E-state index in [0.29, 0.717) is 21.3 Å². The molecule has 1 aromatic carbocycles. The van der Waals surface area contributed by atoms with Crippen LogP contribution in [-0.4, -0.2) is 0 Å². The van der Waals surface area contributed by atoms with Crippen molar-refractivity contribution in [3.63, 3.8) is 0 Å². The molecule has 1 aromatic rings. The van der Waals surface area contributed by atoms with Gasteiger partial charge in [-0.1, -0.05) is 29.3 Å². The van der Waals surface area contributed by atoms with Crippen LogP contribution >= 0.6 is 23.2 Å². The highest BCUT2D eigenvalue weighted by Crippen LogP contribution is 2.30. The van der Waals surface area contributed by atoms with Gasteiger partial charge in [0.25, 0.3) is 0 Å². The maximum Gasteiger partial charge on any atom is 0.0653 e. The van der Waals surface area contributed by atoms with Crippen molar-refractivity contribution in [1.29, 1.82) is 0 Å². The smallest absolute Gasteiger partial charge is 0.0653 e. The summed E-state index contributed by atoms with van der Waals surface area (Å²) < 4.78 is 0. The van der Waals surface area contributed by atoms with Crippen LogP contribution in [0.5, 0.6) is 0 Å². The van der Waals surface area contributed by atoms with Gasteiger partial charge in [-0.25, -0.2) is 0 Å². The molecule has 70 valence electrons. The summed E-state index contributed by atoms with van der Waals surface area (Å²) >= 11 is 11.6. The Hall–Kier alpha value is -0.700. The van der Waals surface area contributed by atoms with Crippen LogP contribution in [0, 0.1) is 0 Å². The molecule has 0 aliphatic rings. The first-order valence-corrected chi connectivity index (χ1v) is 4.44. The van der Waals surface area contributed by atoms with Crippen LogP contribution in [0.4, 0.5) is 5.69 Å². The van der Waals surface area contributed by atoms with Gasteiger partial charge < -0.3 is 11.5 Å². The fourth-order valence-electron chi connectivity index (χ4n) is 1.01. The molecule has 4 heteroatoms. The number of hydrogen-bond donors (Lipinski definition) is 2. The average Bonchev–Trinajstić information content (AvgIpc) is 2.10. The Balaban J connectivity index is 3.27. The molecule has 0 amide bonds. The number of nitrogen functional groups attached to an aromatic ring is 1. The van der Waals surface area contributed by atoms with Crippen molar-refractivity contribution in [3.05, 3.63) is 40.4 Å². The van der Waals surface area contributed by atoms with E-state index in [1.165, 1.54) is 0 Å². The lowest BCUT2D eigenvalue weighted by atomic mass is 10.1. The van der Waals surface area contributed by atoms with Crippen LogP contribution < -0.4 is 11.5 Å². The van der Waals surface area contributed by atoms with Crippen molar-refractivity contribution in [2.45, 2.75) is 6.04 Å². The van der Waals surface area contributed by atoms with Gasteiger partial charge in [0.2, 0.25) is 0 Å². The summed E-state index contributed by atoms with van der Waals surface area (Å²) in [6.07, 6.45) is 1.58. The quantitative estimate of drug-likeness (QED) is 0.591. The molecule has 13 heavy (non-hydrogen) atoms. The maximum atomic E-state index is 5.82. The number of rotatable bonds is 2. The molecule has 0 heterocycles. The van der Waals surface area contributed by atoms with E-state index >= 15 is 0 Å². The minimum absolute atomic E-state index is 0.337. The molecule has 0 saturated heterocycles. The summed E-state index contributed by atoms with van der Waals surface area (Å²) in [5.41, 5.74) is 12.6. The minimum Gasteiger partial charge on any atom is -0.397 e. The predicted molar refractivity (Wildman–Crippen MR) is 58.0 cm³/mol. The van der Waals surface area contributed by atoms with E-state index in [1.807, 2.05) is 0 Å². The monoisotopic (exact) mass is 216 g/mol. The maximum absolute atomic E-state index is 5.82. The van der Waals surface area contributed by atoms with E-state index in [2.05, 4.69) is 6.58 Å². The fraction of sp³-hybridized carbons (Fsp3) is 0.111. The Kier molecular flexibility index (Phi) is 3.20. The number of nitrogens with two attached hydrogens (primary N) is 2. The highest BCUT2D eigenvalue weighted by Gasteiger charge is 2.10. The molecule has 0 fully saturated rings. The molecule has 1 rings (SSSR count). The van der Waals surface area contributed by atoms with Gasteiger partial charge in [0.1, 0.15) is 0 Å². The SMILES string of the molecule is C=CC(N)c1cc(Cl)cc(Cl)c1N. The lowest BCUT2D eigenvalue weighted by Crippen LogP contribution is -2.09. The van der Waals surface area contributed by atoms with Crippen LogP contribution in [-0.2, 0) is 0 Å². The molecule has 0 radical (unpaired) electrons. The third kappa shape index (κ3) is 2.15. The lowest BCUT2D eigenvalue weighted by Gasteiger charge is -2.11. The average molecular weight is 217 g/mol. The third-order valence-electron chi connectivity index (χ3n) is 1.74. The van der Waals surface area contributed by atoms with Crippen molar-refractivity contribution in [2.75, 3.05) is 5.73 Å². The van der Waals surface area contributed by atoms with Gasteiger partial charge in [0, 0.05) is 11.1 Å². The molecule has 2 nitrogen and oxygen atoms in total. The molecule has 0 aromatic heterocycles. The summed E-state index contributed by atoms with van der Waals surface area (Å²) in [6.45, 7) is 3.57. The largest absolute Gasteiger partial charge is 0.397 e. The van der Waals surface area contributed by atoms with Crippen LogP contribution in [0.3, 0.4) is 0 Å². The molecule has 0 bridgehead atoms. The zero-order valence-corrected chi connectivity index (χ0v) is 8.44. The number of benzene rings is 1. The Morgan fingerprint density at radius 3 is 2.54 bits per heavy atom. The molecule has 4 N–H and O–H groups in total. The van der Waals surface area contributed by atoms with Gasteiger partial charge in [0.15, 0.2) is 0 Å². The highest BCUT2D eigenvalue weighted by molar-refractivity contribution is 6.36. The van der Waals surface area contributed by atoms with Crippen molar-refractivity contribution in [3.8, 4) is 0 Å². The Morgan fingerprint density at radius 1 is 1.38 bits per heavy atom. The van der Waals surface area contributed by atoms with E-state index in [4.69, 9.17) is 34.7 Å². The lowest BCUT2D eigenvalue weighted by molar-refractivity contribution is 0.918. The van der Waals surface area contributed by atoms with Crippen molar-refractivity contribution < 1.29 is 0 Å². The number of halogens is 2. The summed E-state index contributed by atoms with van der Waals surface area (Å²) in [4.78, 5) is 0. The van der Waals surface area contributed by atoms with E-state index in [1.54, 1.807) is 18.2 Å². The predicted octanol–water partition coefficient (Wildman–Crippen LogP) is 2.76. The second-order valence-corrected chi connectivity index (χ2v) is 3.50. The molecule has 0 saturated carbocycles. The summed E-state index contributed by atoms with van der Waals surface area (Å²) in [5, 5.41) is 0.936. The Bertz CT molecular complexity index is 337. The second kappa shape index (κ2) is 4.01. The van der Waals surface area contributed by atoms with Gasteiger partial charge in [0.05, 0.1) is 10.7 Å². The summed E-state index contributed by atoms with van der Waals surface area (Å²) in [5.74, 6) is 0. The van der Waals surface area contributed by atoms with Gasteiger partial charge >= 0.3 is 0 Å². The van der Waals surface area contributed by atoms with Gasteiger partial charge in [-0.15, -0.1) is 6.58 Å². The molecule has 1 atom stereocenters. The van der Waals surface area contributed by atoms with Crippen LogP contribution in [0.25, 0.3) is 0 Å². The Labute approximate surface area is 87.1 Å². The standard InChI is InChI=1S/C9H10Cl2N2/c1-2-8(12)6-3-5(10)4-7(11)9(6)13/h2-4,8H,1,12-13H2. The zero-order valence-electron chi connectivity index (χ0n) is 6.93. The normalized spacial score (nSPS) is 12.5. The van der Waals surface area contributed by atoms with Crippen LogP contribution in [0.1, 0.15) is 11.6 Å². The molecular weight excluding hydrogens is 207 g/mol. The molecule has 0 spiro atoms. The van der Waals surface area contributed by atoms with Crippen molar-refractivity contribution >= 4 is 28.9 Å². The zero-order chi connectivity index (χ0) is 10.0. The molecular formula is C9H10Cl2N2. The second-order valence-electron chi connectivity index (χ2n) is 2.65. The number of hydrogen-bond acceptors (Lipinski definition) is 2. The fourth-order valence-corrected chi connectivity index (χ4v) is 1.52. The molecule has 1 unspecified atom stereocenters. The highest BCUT2D eigenvalue weighted by atomic mass is 35.5. The summed E-state index contributed by atoms with van der Waals surface area (Å²) in [6, 6.07) is 2.93. The first kappa shape index (κ1) is 10.4. The van der Waals surface area contributed by atoms with Gasteiger partial charge in [-0.05, 0) is 17.7 Å². The summed E-state index contributed by atoms with van der Waals surface area (Å²) in [7, 11) is 0. The van der Waals surface area contributed by atoms with Gasteiger partial charge in [-0.3, -0.25) is 0 Å². The van der Waals surface area contributed by atoms with Crippen LogP contribution in [0.2, 0.25) is 10.0 Å². The van der Waals surface area contributed by atoms with Gasteiger partial charge in [-0.2, -0.15) is 0 Å². The van der Waals surface area contributed by atoms with E-state index in [0.717, 1.165) is 0 Å². The van der Waals surface area contributed by atoms with E-state index < -0.39 is 0 Å². The first-order chi connectivity index (χ1) is 6.06. The van der Waals surface area contributed by atoms with Crippen LogP contribution in [0.15, 0.2) is 24.8 Å². The number of anilines is 1. The molecule has 0 aliphatic carbocycles. The Morgan fingerprint density at radius 2 is 2.00 bits per heavy atom. The third-order valence-corrected chi connectivity index (χ3v) is 2.27.